The fourth-order valence-electron chi connectivity index (χ4n) is 19.9. The lowest BCUT2D eigenvalue weighted by molar-refractivity contribution is -0.143. The van der Waals surface area contributed by atoms with Crippen LogP contribution in [-0.2, 0) is 37.9 Å². The van der Waals surface area contributed by atoms with Gasteiger partial charge in [-0.25, -0.2) is 19.2 Å². The van der Waals surface area contributed by atoms with Crippen molar-refractivity contribution in [2.45, 2.75) is 227 Å². The van der Waals surface area contributed by atoms with Crippen LogP contribution in [0.3, 0.4) is 0 Å². The summed E-state index contributed by atoms with van der Waals surface area (Å²) >= 11 is 45.9. The standard InChI is InChI=1S/2C26H28ClNO4.C24H34BNO4.C9H8BrClO.C9H9ClO.2C8H6BrClO2/c2*1-16-13-19(25(30)31)14-20(23(16)27)17-4-6-18(7-5-17)21-15-26(21)8-10-28(11-9-26)24(29)22-3-2-12-32-22;1-22(2)23(3,4)30-25(29-22)18-9-7-17(8-10-18)19-16-24(19)11-13-26(14-12-24)21(27)20-6-5-15-28-20;1-5-3-7(6(2)12)4-8(10)9(5)11;1-6-5-8(7(2)11)3-4-9(6)10;2*1-4-2-5(8(11)12)3-6(9)7(4)10/h2*4-7,13-14,21-22H,2-3,8-12,15H2,1H3,(H,30,31);7-10,19-20H,5-6,11-16H2,1-4H3;3-4H,1-2H3;3-5H,1-2H3;2*2-3H,1H3,(H,11,12)/t21-,22+;21-,22-;19?,20-;;;;/m011..../s1. The van der Waals surface area contributed by atoms with E-state index in [1.165, 1.54) is 67.1 Å². The molecule has 4 N–H and O–H groups in total. The molecule has 9 aromatic rings. The number of carboxylic acid groups (broad SMARTS) is 4. The number of Topliss-reactive ketones (excluding diaryl/α,β-unsaturated/α-hetero) is 2. The van der Waals surface area contributed by atoms with Gasteiger partial charge in [-0.1, -0.05) is 142 Å². The zero-order chi connectivity index (χ0) is 102. The number of hydrogen-bond acceptors (Lipinski definition) is 14. The van der Waals surface area contributed by atoms with Crippen LogP contribution in [0.15, 0.2) is 165 Å². The summed E-state index contributed by atoms with van der Waals surface area (Å²) < 4.78 is 31.1. The first-order valence-corrected chi connectivity index (χ1v) is 52.3. The molecule has 3 amide bonds. The van der Waals surface area contributed by atoms with Gasteiger partial charge in [0, 0.05) is 99.8 Å². The molecule has 3 spiro atoms. The third kappa shape index (κ3) is 26.4. The number of carboxylic acids is 4. The van der Waals surface area contributed by atoms with Gasteiger partial charge in [0.15, 0.2) is 11.6 Å². The summed E-state index contributed by atoms with van der Waals surface area (Å²) in [6.45, 7) is 29.6. The van der Waals surface area contributed by atoms with E-state index in [0.29, 0.717) is 97.4 Å². The highest BCUT2D eigenvalue weighted by Crippen LogP contribution is 2.67. The number of aromatic carboxylic acids is 4. The zero-order valence-electron chi connectivity index (χ0n) is 81.2. The highest BCUT2D eigenvalue weighted by Gasteiger charge is 2.59. The van der Waals surface area contributed by atoms with Crippen LogP contribution >= 0.6 is 117 Å². The van der Waals surface area contributed by atoms with Gasteiger partial charge in [-0.3, -0.25) is 24.0 Å². The topological polar surface area (TPSA) is 290 Å². The second-order valence-corrected chi connectivity index (χ2v) is 44.6. The predicted molar refractivity (Wildman–Crippen MR) is 565 cm³/mol. The van der Waals surface area contributed by atoms with E-state index in [9.17, 15) is 53.4 Å². The van der Waals surface area contributed by atoms with E-state index >= 15 is 0 Å². The Morgan fingerprint density at radius 1 is 0.348 bits per heavy atom. The van der Waals surface area contributed by atoms with Crippen LogP contribution in [0.4, 0.5) is 0 Å². The van der Waals surface area contributed by atoms with Crippen LogP contribution in [0.2, 0.25) is 30.1 Å². The summed E-state index contributed by atoms with van der Waals surface area (Å²) in [5.41, 5.74) is 16.1. The van der Waals surface area contributed by atoms with Gasteiger partial charge in [0.25, 0.3) is 17.7 Å². The predicted octanol–water partition coefficient (Wildman–Crippen LogP) is 26.5. The monoisotopic (exact) mass is 2230 g/mol. The average molecular weight is 2230 g/mol. The normalized spacial score (nSPS) is 20.9. The lowest BCUT2D eigenvalue weighted by Gasteiger charge is -2.34. The number of hydrogen-bond donors (Lipinski definition) is 4. The maximum absolute atomic E-state index is 12.6. The summed E-state index contributed by atoms with van der Waals surface area (Å²) in [5, 5.41) is 39.7. The van der Waals surface area contributed by atoms with Crippen LogP contribution in [-0.4, -0.2) is 184 Å². The third-order valence-electron chi connectivity index (χ3n) is 29.6. The Labute approximate surface area is 880 Å². The van der Waals surface area contributed by atoms with Gasteiger partial charge < -0.3 is 58.6 Å². The first kappa shape index (κ1) is 110. The van der Waals surface area contributed by atoms with E-state index in [1.807, 2.05) is 66.7 Å². The minimum atomic E-state index is -0.952. The molecule has 3 saturated carbocycles. The van der Waals surface area contributed by atoms with Gasteiger partial charge in [0.1, 0.15) is 18.3 Å². The van der Waals surface area contributed by atoms with Crippen molar-refractivity contribution in [3.8, 4) is 22.3 Å². The number of likely N-dealkylation sites (tertiary alicyclic amines) is 3. The van der Waals surface area contributed by atoms with Crippen molar-refractivity contribution in [1.82, 2.24) is 14.7 Å². The number of nitrogens with zero attached hydrogens (tertiary/aromatic N) is 3. The number of ether oxygens (including phenoxy) is 3. The first-order valence-electron chi connectivity index (χ1n) is 47.7. The largest absolute Gasteiger partial charge is 0.494 e. The SMILES string of the molecule is CC(=O)c1cc(C)c(Cl)c(Br)c1.CC(=O)c1ccc(Cl)c(C)c1.CC1(C)OB(c2ccc(C3CC34CCN(C(=O)[C@H]3CCCO3)CC4)cc2)OC1(C)C.Cc1cc(C(=O)O)cc(-c2ccc([C@@H]3CC34CCN(C(=O)[C@H]3CCCO3)CC4)cc2)c1Cl.Cc1cc(C(=O)O)cc(-c2ccc([C@H]3CC34CCN(C(=O)[C@H]3CCCO3)CC4)cc2)c1Cl.Cc1cc(C(=O)O)cc(Br)c1Cl.Cc1cc(C(=O)O)cc(Br)c1Cl. The molecule has 748 valence electrons. The summed E-state index contributed by atoms with van der Waals surface area (Å²) in [6, 6.07) is 47.0. The minimum Gasteiger partial charge on any atom is -0.478 e. The molecule has 6 atom stereocenters. The minimum absolute atomic E-state index is 0.0514. The zero-order valence-corrected chi connectivity index (χ0v) is 90.5. The smallest absolute Gasteiger partial charge is 0.478 e. The Bertz CT molecular complexity index is 5780. The number of piperidine rings is 3. The fraction of sp³-hybridized carbons (Fsp3) is 0.427. The first-order chi connectivity index (χ1) is 66.6. The molecule has 0 radical (unpaired) electrons. The van der Waals surface area contributed by atoms with Crippen molar-refractivity contribution >= 4 is 183 Å². The average Bonchev–Trinajstić information content (AvgIpc) is 1.58. The Morgan fingerprint density at radius 3 is 0.887 bits per heavy atom. The summed E-state index contributed by atoms with van der Waals surface area (Å²) in [7, 11) is -0.302. The highest BCUT2D eigenvalue weighted by atomic mass is 79.9. The van der Waals surface area contributed by atoms with Gasteiger partial charge in [-0.15, -0.1) is 0 Å². The molecule has 10 aliphatic rings. The van der Waals surface area contributed by atoms with E-state index in [4.69, 9.17) is 103 Å². The second kappa shape index (κ2) is 46.6. The Balaban J connectivity index is 0.000000145. The van der Waals surface area contributed by atoms with Crippen molar-refractivity contribution in [2.75, 3.05) is 59.1 Å². The highest BCUT2D eigenvalue weighted by molar-refractivity contribution is 9.11. The second-order valence-electron chi connectivity index (χ2n) is 39.7. The maximum Gasteiger partial charge on any atom is 0.494 e. The van der Waals surface area contributed by atoms with Gasteiger partial charge in [0.05, 0.1) is 58.6 Å². The van der Waals surface area contributed by atoms with E-state index in [0.717, 1.165) is 188 Å². The molecule has 3 aliphatic carbocycles. The van der Waals surface area contributed by atoms with Crippen molar-refractivity contribution in [3.05, 3.63) is 279 Å². The summed E-state index contributed by atoms with van der Waals surface area (Å²) in [6.07, 6.45) is 14.9. The number of rotatable bonds is 15. The molecule has 0 aromatic heterocycles. The number of aryl methyl sites for hydroxylation is 6. The lowest BCUT2D eigenvalue weighted by Crippen LogP contribution is -2.44. The van der Waals surface area contributed by atoms with Crippen LogP contribution in [0.25, 0.3) is 22.3 Å². The maximum atomic E-state index is 12.6. The quantitative estimate of drug-likeness (QED) is 0.0548. The van der Waals surface area contributed by atoms with Crippen molar-refractivity contribution in [2.24, 2.45) is 16.2 Å². The van der Waals surface area contributed by atoms with E-state index in [1.54, 1.807) is 75.4 Å². The van der Waals surface area contributed by atoms with E-state index in [-0.39, 0.29) is 88.2 Å². The van der Waals surface area contributed by atoms with Crippen molar-refractivity contribution in [1.29, 1.82) is 0 Å². The summed E-state index contributed by atoms with van der Waals surface area (Å²) in [5.74, 6) is -1.44. The number of carbonyl (C=O) groups excluding carboxylic acids is 5. The molecule has 7 aliphatic heterocycles. The molecule has 141 heavy (non-hydrogen) atoms. The number of amides is 3. The van der Waals surface area contributed by atoms with Gasteiger partial charge >= 0.3 is 31.0 Å². The number of halogens is 9. The lowest BCUT2D eigenvalue weighted by atomic mass is 9.78. The van der Waals surface area contributed by atoms with E-state index < -0.39 is 23.9 Å². The number of ketones is 2. The molecule has 19 rings (SSSR count). The molecule has 7 saturated heterocycles. The van der Waals surface area contributed by atoms with Crippen LogP contribution < -0.4 is 5.46 Å². The van der Waals surface area contributed by atoms with Crippen LogP contribution in [0.5, 0.6) is 0 Å². The fourth-order valence-corrected chi connectivity index (χ4v) is 22.5. The molecule has 1 unspecified atom stereocenters. The number of carbonyl (C=O) groups is 9. The number of benzene rings is 9. The van der Waals surface area contributed by atoms with Crippen molar-refractivity contribution in [3.63, 3.8) is 0 Å². The van der Waals surface area contributed by atoms with Gasteiger partial charge in [-0.2, -0.15) is 0 Å². The Hall–Kier alpha value is -8.35. The van der Waals surface area contributed by atoms with Crippen LogP contribution in [0, 0.1) is 57.8 Å². The summed E-state index contributed by atoms with van der Waals surface area (Å²) in [4.78, 5) is 110. The van der Waals surface area contributed by atoms with Gasteiger partial charge in [0.2, 0.25) is 0 Å². The van der Waals surface area contributed by atoms with Crippen LogP contribution in [0.1, 0.15) is 268 Å². The van der Waals surface area contributed by atoms with Crippen molar-refractivity contribution < 1.29 is 87.1 Å². The molecule has 31 heteroatoms. The molecule has 10 fully saturated rings. The molecular weight excluding hydrogens is 2110 g/mol. The van der Waals surface area contributed by atoms with Gasteiger partial charge in [-0.05, 0) is 407 Å². The molecule has 0 bridgehead atoms. The van der Waals surface area contributed by atoms with E-state index in [2.05, 4.69) is 124 Å². The molecular formula is C110H119BBr3Cl6N3O18. The Kier molecular flexibility index (Phi) is 36.3. The molecule has 7 heterocycles. The molecule has 9 aromatic carbocycles. The third-order valence-corrected chi connectivity index (χ3v) is 35.1. The Morgan fingerprint density at radius 2 is 0.617 bits per heavy atom. The molecule has 21 nitrogen and oxygen atoms in total.